The summed E-state index contributed by atoms with van der Waals surface area (Å²) < 4.78 is 28.7. The second kappa shape index (κ2) is 4.62. The van der Waals surface area contributed by atoms with E-state index in [2.05, 4.69) is 5.32 Å². The summed E-state index contributed by atoms with van der Waals surface area (Å²) in [5.41, 5.74) is 0.0944. The molecule has 0 bridgehead atoms. The van der Waals surface area contributed by atoms with Gasteiger partial charge in [0.05, 0.1) is 11.4 Å². The van der Waals surface area contributed by atoms with Crippen molar-refractivity contribution in [2.45, 2.75) is 56.2 Å². The molecule has 3 rings (SSSR count). The highest BCUT2D eigenvalue weighted by molar-refractivity contribution is 7.94. The molecule has 4 nitrogen and oxygen atoms in total. The van der Waals surface area contributed by atoms with E-state index in [9.17, 15) is 8.42 Å². The lowest BCUT2D eigenvalue weighted by atomic mass is 9.88. The summed E-state index contributed by atoms with van der Waals surface area (Å²) in [7, 11) is -2.95. The van der Waals surface area contributed by atoms with E-state index < -0.39 is 9.84 Å². The van der Waals surface area contributed by atoms with Crippen molar-refractivity contribution in [2.24, 2.45) is 0 Å². The Labute approximate surface area is 109 Å². The molecule has 2 atom stereocenters. The molecule has 2 heterocycles. The van der Waals surface area contributed by atoms with Crippen LogP contribution in [0.3, 0.4) is 0 Å². The molecule has 2 aliphatic heterocycles. The molecule has 102 valence electrons. The van der Waals surface area contributed by atoms with Gasteiger partial charge in [0.25, 0.3) is 0 Å². The fraction of sp³-hybridized carbons (Fsp3) is 0.846. The Morgan fingerprint density at radius 3 is 2.72 bits per heavy atom. The zero-order chi connectivity index (χ0) is 12.6. The van der Waals surface area contributed by atoms with Crippen LogP contribution in [0.4, 0.5) is 0 Å². The average molecular weight is 271 g/mol. The van der Waals surface area contributed by atoms with E-state index in [4.69, 9.17) is 4.74 Å². The second-order valence-corrected chi connectivity index (χ2v) is 7.79. The lowest BCUT2D eigenvalue weighted by Crippen LogP contribution is -2.48. The molecule has 0 aromatic heterocycles. The first kappa shape index (κ1) is 12.6. The number of hydrogen-bond acceptors (Lipinski definition) is 4. The van der Waals surface area contributed by atoms with Gasteiger partial charge in [-0.3, -0.25) is 0 Å². The summed E-state index contributed by atoms with van der Waals surface area (Å²) in [5, 5.41) is 4.82. The normalized spacial score (nSPS) is 37.3. The Balaban J connectivity index is 1.59. The van der Waals surface area contributed by atoms with Crippen LogP contribution in [0.15, 0.2) is 11.5 Å². The van der Waals surface area contributed by atoms with Gasteiger partial charge in [-0.25, -0.2) is 8.42 Å². The van der Waals surface area contributed by atoms with E-state index in [1.165, 1.54) is 31.1 Å². The van der Waals surface area contributed by atoms with Gasteiger partial charge in [0.15, 0.2) is 9.84 Å². The maximum atomic E-state index is 11.4. The fourth-order valence-electron chi connectivity index (χ4n) is 3.52. The predicted octanol–water partition coefficient (Wildman–Crippen LogP) is 1.38. The van der Waals surface area contributed by atoms with Crippen LogP contribution in [-0.4, -0.2) is 38.5 Å². The molecule has 2 unspecified atom stereocenters. The molecule has 1 N–H and O–H groups in total. The van der Waals surface area contributed by atoms with Gasteiger partial charge >= 0.3 is 0 Å². The topological polar surface area (TPSA) is 55.4 Å². The van der Waals surface area contributed by atoms with E-state index in [0.29, 0.717) is 6.04 Å². The molecular weight excluding hydrogens is 250 g/mol. The van der Waals surface area contributed by atoms with Gasteiger partial charge in [0, 0.05) is 24.1 Å². The summed E-state index contributed by atoms with van der Waals surface area (Å²) in [5.74, 6) is 0.220. The summed E-state index contributed by atoms with van der Waals surface area (Å²) in [4.78, 5) is 0. The maximum absolute atomic E-state index is 11.4. The largest absolute Gasteiger partial charge is 0.375 e. The first-order chi connectivity index (χ1) is 8.57. The van der Waals surface area contributed by atoms with Crippen molar-refractivity contribution in [1.82, 2.24) is 5.32 Å². The summed E-state index contributed by atoms with van der Waals surface area (Å²) in [6.07, 6.45) is 8.69. The molecule has 2 fully saturated rings. The quantitative estimate of drug-likeness (QED) is 0.824. The van der Waals surface area contributed by atoms with Crippen LogP contribution < -0.4 is 5.32 Å². The van der Waals surface area contributed by atoms with Crippen molar-refractivity contribution in [2.75, 3.05) is 12.4 Å². The van der Waals surface area contributed by atoms with E-state index in [-0.39, 0.29) is 17.4 Å². The molecule has 0 aromatic carbocycles. The standard InChI is InChI=1S/C13H21NO3S/c15-18(16)8-4-12(10-18)14-11-3-7-17-13(9-11)5-1-2-6-13/h4,8,11-12,14H,1-3,5-7,9-10H2. The number of sulfone groups is 1. The molecule has 5 heteroatoms. The van der Waals surface area contributed by atoms with E-state index in [1.54, 1.807) is 6.08 Å². The van der Waals surface area contributed by atoms with Gasteiger partial charge in [-0.15, -0.1) is 0 Å². The Kier molecular flexibility index (Phi) is 3.24. The molecule has 3 aliphatic rings. The fourth-order valence-corrected chi connectivity index (χ4v) is 4.77. The minimum atomic E-state index is -2.95. The van der Waals surface area contributed by atoms with E-state index >= 15 is 0 Å². The summed E-state index contributed by atoms with van der Waals surface area (Å²) in [6, 6.07) is 0.399. The minimum Gasteiger partial charge on any atom is -0.375 e. The third-order valence-corrected chi connectivity index (χ3v) is 5.78. The summed E-state index contributed by atoms with van der Waals surface area (Å²) in [6.45, 7) is 0.806. The van der Waals surface area contributed by atoms with Crippen LogP contribution in [0.5, 0.6) is 0 Å². The minimum absolute atomic E-state index is 0.00319. The third-order valence-electron chi connectivity index (χ3n) is 4.39. The van der Waals surface area contributed by atoms with Crippen molar-refractivity contribution < 1.29 is 13.2 Å². The number of rotatable bonds is 2. The zero-order valence-corrected chi connectivity index (χ0v) is 11.4. The molecule has 0 radical (unpaired) electrons. The second-order valence-electron chi connectivity index (χ2n) is 5.86. The molecule has 1 spiro atoms. The van der Waals surface area contributed by atoms with Crippen LogP contribution >= 0.6 is 0 Å². The van der Waals surface area contributed by atoms with E-state index in [1.807, 2.05) is 0 Å². The lowest BCUT2D eigenvalue weighted by Gasteiger charge is -2.39. The SMILES string of the molecule is O=S1(=O)C=CC(NC2CCOC3(CCCC3)C2)C1. The van der Waals surface area contributed by atoms with Gasteiger partial charge in [0.1, 0.15) is 0 Å². The van der Waals surface area contributed by atoms with Crippen LogP contribution in [0.2, 0.25) is 0 Å². The molecular formula is C13H21NO3S. The molecule has 0 amide bonds. The first-order valence-electron chi connectivity index (χ1n) is 6.88. The highest BCUT2D eigenvalue weighted by Crippen LogP contribution is 2.40. The third kappa shape index (κ3) is 2.63. The van der Waals surface area contributed by atoms with Crippen LogP contribution in [0, 0.1) is 0 Å². The van der Waals surface area contributed by atoms with Crippen LogP contribution in [0.1, 0.15) is 38.5 Å². The zero-order valence-electron chi connectivity index (χ0n) is 10.6. The number of hydrogen-bond donors (Lipinski definition) is 1. The van der Waals surface area contributed by atoms with Gasteiger partial charge in [0.2, 0.25) is 0 Å². The molecule has 1 saturated carbocycles. The van der Waals surface area contributed by atoms with E-state index in [0.717, 1.165) is 19.4 Å². The van der Waals surface area contributed by atoms with Crippen LogP contribution in [0.25, 0.3) is 0 Å². The Hall–Kier alpha value is -0.390. The van der Waals surface area contributed by atoms with Crippen molar-refractivity contribution in [3.8, 4) is 0 Å². The monoisotopic (exact) mass is 271 g/mol. The molecule has 1 saturated heterocycles. The Morgan fingerprint density at radius 1 is 1.28 bits per heavy atom. The van der Waals surface area contributed by atoms with Crippen molar-refractivity contribution >= 4 is 9.84 Å². The molecule has 18 heavy (non-hydrogen) atoms. The van der Waals surface area contributed by atoms with Crippen molar-refractivity contribution in [3.05, 3.63) is 11.5 Å². The smallest absolute Gasteiger partial charge is 0.173 e. The predicted molar refractivity (Wildman–Crippen MR) is 70.0 cm³/mol. The maximum Gasteiger partial charge on any atom is 0.173 e. The first-order valence-corrected chi connectivity index (χ1v) is 8.60. The summed E-state index contributed by atoms with van der Waals surface area (Å²) >= 11 is 0. The van der Waals surface area contributed by atoms with Gasteiger partial charge in [-0.2, -0.15) is 0 Å². The number of nitrogens with one attached hydrogen (secondary N) is 1. The highest BCUT2D eigenvalue weighted by Gasteiger charge is 2.40. The lowest BCUT2D eigenvalue weighted by molar-refractivity contribution is -0.0840. The highest BCUT2D eigenvalue weighted by atomic mass is 32.2. The number of ether oxygens (including phenoxy) is 1. The Morgan fingerprint density at radius 2 is 2.06 bits per heavy atom. The van der Waals surface area contributed by atoms with Crippen LogP contribution in [-0.2, 0) is 14.6 Å². The van der Waals surface area contributed by atoms with Gasteiger partial charge in [-0.1, -0.05) is 18.9 Å². The molecule has 1 aliphatic carbocycles. The van der Waals surface area contributed by atoms with Crippen molar-refractivity contribution in [1.29, 1.82) is 0 Å². The molecule has 0 aromatic rings. The van der Waals surface area contributed by atoms with Crippen molar-refractivity contribution in [3.63, 3.8) is 0 Å². The van der Waals surface area contributed by atoms with Gasteiger partial charge < -0.3 is 10.1 Å². The van der Waals surface area contributed by atoms with Gasteiger partial charge in [-0.05, 0) is 25.7 Å². The Bertz CT molecular complexity index is 437. The average Bonchev–Trinajstić information content (AvgIpc) is 2.87.